The molecule has 6 heteroatoms. The summed E-state index contributed by atoms with van der Waals surface area (Å²) in [6.07, 6.45) is -0.0195. The minimum absolute atomic E-state index is 0.115. The van der Waals surface area contributed by atoms with Crippen molar-refractivity contribution < 1.29 is 29.1 Å². The van der Waals surface area contributed by atoms with Crippen molar-refractivity contribution >= 4 is 0 Å². The topological polar surface area (TPSA) is 66.4 Å². The van der Waals surface area contributed by atoms with Gasteiger partial charge in [-0.25, -0.2) is 10.1 Å². The molecule has 1 saturated carbocycles. The summed E-state index contributed by atoms with van der Waals surface area (Å²) in [5, 5.41) is 9.26. The van der Waals surface area contributed by atoms with Gasteiger partial charge < -0.3 is 18.9 Å². The first-order valence-corrected chi connectivity index (χ1v) is 8.30. The Morgan fingerprint density at radius 3 is 1.91 bits per heavy atom. The van der Waals surface area contributed by atoms with Crippen LogP contribution in [0.25, 0.3) is 0 Å². The average Bonchev–Trinajstić information content (AvgIpc) is 3.14. The van der Waals surface area contributed by atoms with Crippen molar-refractivity contribution in [2.75, 3.05) is 7.11 Å². The van der Waals surface area contributed by atoms with Crippen LogP contribution >= 0.6 is 0 Å². The van der Waals surface area contributed by atoms with Gasteiger partial charge in [-0.05, 0) is 6.42 Å². The first-order chi connectivity index (χ1) is 10.4. The Balaban J connectivity index is 1.82. The molecule has 3 saturated heterocycles. The fraction of sp³-hybridized carbons (Fsp3) is 1.00. The molecule has 0 spiro atoms. The lowest BCUT2D eigenvalue weighted by Gasteiger charge is -2.38. The summed E-state index contributed by atoms with van der Waals surface area (Å²) in [5.41, 5.74) is 0. The zero-order valence-electron chi connectivity index (χ0n) is 13.8. The quantitative estimate of drug-likeness (QED) is 0.635. The molecule has 6 nitrogen and oxygen atoms in total. The first kappa shape index (κ1) is 15.3. The highest BCUT2D eigenvalue weighted by molar-refractivity contribution is 5.17. The molecule has 22 heavy (non-hydrogen) atoms. The van der Waals surface area contributed by atoms with Crippen LogP contribution in [-0.2, 0) is 23.8 Å². The zero-order chi connectivity index (χ0) is 15.9. The molecule has 3 aliphatic heterocycles. The Morgan fingerprint density at radius 1 is 0.955 bits per heavy atom. The highest BCUT2D eigenvalue weighted by atomic mass is 17.1. The maximum absolute atomic E-state index is 9.26. The summed E-state index contributed by atoms with van der Waals surface area (Å²) in [4.78, 5) is 4.64. The van der Waals surface area contributed by atoms with E-state index in [1.807, 2.05) is 0 Å². The number of hydrogen-bond donors (Lipinski definition) is 1. The van der Waals surface area contributed by atoms with Gasteiger partial charge in [-0.15, -0.1) is 0 Å². The second-order valence-corrected chi connectivity index (χ2v) is 7.78. The summed E-state index contributed by atoms with van der Waals surface area (Å²) >= 11 is 0. The number of ether oxygens (including phenoxy) is 4. The van der Waals surface area contributed by atoms with E-state index in [4.69, 9.17) is 18.9 Å². The van der Waals surface area contributed by atoms with E-state index >= 15 is 0 Å². The largest absolute Gasteiger partial charge is 0.355 e. The van der Waals surface area contributed by atoms with E-state index in [1.165, 1.54) is 0 Å². The van der Waals surface area contributed by atoms with E-state index in [1.54, 1.807) is 7.11 Å². The summed E-state index contributed by atoms with van der Waals surface area (Å²) in [6.45, 7) is 8.43. The molecule has 3 heterocycles. The SMILES string of the molecule is CO[C@@H]1OC2(C(C)C)OC3(C(C)C)O[C@@H](OO)C4CC1C2C43. The van der Waals surface area contributed by atoms with Crippen LogP contribution in [0.15, 0.2) is 0 Å². The Kier molecular flexibility index (Phi) is 3.23. The lowest BCUT2D eigenvalue weighted by atomic mass is 9.76. The van der Waals surface area contributed by atoms with Gasteiger partial charge in [0.05, 0.1) is 0 Å². The van der Waals surface area contributed by atoms with Crippen LogP contribution in [0.3, 0.4) is 0 Å². The normalized spacial score (nSPS) is 55.6. The van der Waals surface area contributed by atoms with Crippen LogP contribution in [0, 0.1) is 35.5 Å². The molecule has 8 atom stereocenters. The Morgan fingerprint density at radius 2 is 1.45 bits per heavy atom. The summed E-state index contributed by atoms with van der Waals surface area (Å²) < 4.78 is 24.5. The van der Waals surface area contributed by atoms with Gasteiger partial charge in [0.25, 0.3) is 0 Å². The van der Waals surface area contributed by atoms with Gasteiger partial charge in [-0.3, -0.25) is 0 Å². The first-order valence-electron chi connectivity index (χ1n) is 8.30. The third-order valence-corrected chi connectivity index (χ3v) is 6.35. The van der Waals surface area contributed by atoms with Crippen LogP contribution < -0.4 is 0 Å². The predicted octanol–water partition coefficient (Wildman–Crippen LogP) is 2.44. The van der Waals surface area contributed by atoms with E-state index in [2.05, 4.69) is 32.6 Å². The molecule has 6 unspecified atom stereocenters. The molecule has 4 aliphatic rings. The van der Waals surface area contributed by atoms with Crippen LogP contribution in [0.2, 0.25) is 0 Å². The average molecular weight is 314 g/mol. The van der Waals surface area contributed by atoms with Crippen LogP contribution in [0.5, 0.6) is 0 Å². The monoisotopic (exact) mass is 314 g/mol. The molecule has 1 aliphatic carbocycles. The van der Waals surface area contributed by atoms with Gasteiger partial charge in [-0.2, -0.15) is 0 Å². The molecule has 4 fully saturated rings. The summed E-state index contributed by atoms with van der Waals surface area (Å²) in [7, 11) is 1.68. The molecule has 1 N–H and O–H groups in total. The minimum atomic E-state index is -0.750. The second kappa shape index (κ2) is 4.65. The maximum atomic E-state index is 9.26. The number of methoxy groups -OCH3 is 1. The maximum Gasteiger partial charge on any atom is 0.197 e. The van der Waals surface area contributed by atoms with Crippen molar-refractivity contribution in [2.24, 2.45) is 35.5 Å². The zero-order valence-corrected chi connectivity index (χ0v) is 13.8. The third-order valence-electron chi connectivity index (χ3n) is 6.35. The lowest BCUT2D eigenvalue weighted by Crippen LogP contribution is -2.46. The smallest absolute Gasteiger partial charge is 0.197 e. The molecular formula is C16H26O6. The van der Waals surface area contributed by atoms with Gasteiger partial charge in [0.2, 0.25) is 0 Å². The van der Waals surface area contributed by atoms with Crippen molar-refractivity contribution in [3.05, 3.63) is 0 Å². The van der Waals surface area contributed by atoms with Crippen molar-refractivity contribution in [2.45, 2.75) is 58.3 Å². The van der Waals surface area contributed by atoms with Crippen molar-refractivity contribution in [1.82, 2.24) is 0 Å². The van der Waals surface area contributed by atoms with Crippen LogP contribution in [0.4, 0.5) is 0 Å². The van der Waals surface area contributed by atoms with Crippen LogP contribution in [0.1, 0.15) is 34.1 Å². The van der Waals surface area contributed by atoms with Gasteiger partial charge in [-0.1, -0.05) is 27.7 Å². The standard InChI is InChI=1S/C16H26O6/c1-7(2)15-11-9(13(18-5)19-15)6-10-12(11)16(22-15,8(3)4)20-14(10)21-17/h7-14,17H,6H2,1-5H3/t9?,10?,11?,12?,13-,14+,15?,16?/m1/s1. The fourth-order valence-corrected chi connectivity index (χ4v) is 5.53. The van der Waals surface area contributed by atoms with Crippen molar-refractivity contribution in [3.63, 3.8) is 0 Å². The molecule has 0 aromatic heterocycles. The molecule has 126 valence electrons. The lowest BCUT2D eigenvalue weighted by molar-refractivity contribution is -0.417. The van der Waals surface area contributed by atoms with Gasteiger partial charge in [0.1, 0.15) is 0 Å². The highest BCUT2D eigenvalue weighted by Gasteiger charge is 2.81. The molecule has 0 aromatic carbocycles. The van der Waals surface area contributed by atoms with E-state index in [0.717, 1.165) is 6.42 Å². The Bertz CT molecular complexity index is 428. The van der Waals surface area contributed by atoms with Gasteiger partial charge in [0, 0.05) is 42.6 Å². The number of hydrogen-bond acceptors (Lipinski definition) is 6. The minimum Gasteiger partial charge on any atom is -0.355 e. The number of rotatable bonds is 4. The molecule has 0 aromatic rings. The summed E-state index contributed by atoms with van der Waals surface area (Å²) in [6, 6.07) is 0. The third kappa shape index (κ3) is 1.51. The van der Waals surface area contributed by atoms with E-state index < -0.39 is 17.9 Å². The molecule has 0 radical (unpaired) electrons. The molecule has 4 rings (SSSR count). The fourth-order valence-electron chi connectivity index (χ4n) is 5.53. The Labute approximate surface area is 130 Å². The van der Waals surface area contributed by atoms with Crippen molar-refractivity contribution in [1.29, 1.82) is 0 Å². The second-order valence-electron chi connectivity index (χ2n) is 7.78. The van der Waals surface area contributed by atoms with E-state index in [0.29, 0.717) is 0 Å². The van der Waals surface area contributed by atoms with E-state index in [9.17, 15) is 5.26 Å². The molecule has 0 bridgehead atoms. The highest BCUT2D eigenvalue weighted by Crippen LogP contribution is 2.72. The summed E-state index contributed by atoms with van der Waals surface area (Å²) in [5.74, 6) is -0.339. The van der Waals surface area contributed by atoms with E-state index in [-0.39, 0.29) is 41.8 Å². The Hall–Kier alpha value is -0.240. The predicted molar refractivity (Wildman–Crippen MR) is 75.3 cm³/mol. The molecule has 0 amide bonds. The molecular weight excluding hydrogens is 288 g/mol. The van der Waals surface area contributed by atoms with Crippen LogP contribution in [-0.4, -0.2) is 36.5 Å². The van der Waals surface area contributed by atoms with Gasteiger partial charge >= 0.3 is 0 Å². The van der Waals surface area contributed by atoms with Crippen molar-refractivity contribution in [3.8, 4) is 0 Å². The van der Waals surface area contributed by atoms with Gasteiger partial charge in [0.15, 0.2) is 24.2 Å².